The molecule has 0 aliphatic carbocycles. The summed E-state index contributed by atoms with van der Waals surface area (Å²) >= 11 is 0. The van der Waals surface area contributed by atoms with Crippen LogP contribution in [0.25, 0.3) is 0 Å². The molecule has 0 unspecified atom stereocenters. The fourth-order valence-electron chi connectivity index (χ4n) is 2.75. The van der Waals surface area contributed by atoms with Gasteiger partial charge in [-0.3, -0.25) is 25.2 Å². The van der Waals surface area contributed by atoms with E-state index >= 15 is 0 Å². The van der Waals surface area contributed by atoms with Crippen molar-refractivity contribution >= 4 is 17.7 Å². The molecule has 1 saturated heterocycles. The zero-order valence-corrected chi connectivity index (χ0v) is 14.0. The normalized spacial score (nSPS) is 13.6. The van der Waals surface area contributed by atoms with Crippen molar-refractivity contribution in [2.45, 2.75) is 19.4 Å². The van der Waals surface area contributed by atoms with Crippen LogP contribution in [0.2, 0.25) is 0 Å². The highest BCUT2D eigenvalue weighted by Crippen LogP contribution is 2.14. The summed E-state index contributed by atoms with van der Waals surface area (Å²) in [7, 11) is 0. The summed E-state index contributed by atoms with van der Waals surface area (Å²) in [6, 6.07) is 12.2. The Kier molecular flexibility index (Phi) is 5.26. The molecule has 3 rings (SSSR count). The number of rotatable bonds is 4. The molecular weight excluding hydrogens is 337 g/mol. The molecular formula is C19H18FN3O3. The largest absolute Gasteiger partial charge is 0.338 e. The Morgan fingerprint density at radius 1 is 1.00 bits per heavy atom. The fourth-order valence-corrected chi connectivity index (χ4v) is 2.75. The number of halogens is 1. The van der Waals surface area contributed by atoms with Gasteiger partial charge in [0.2, 0.25) is 5.91 Å². The second-order valence-corrected chi connectivity index (χ2v) is 6.00. The zero-order valence-electron chi connectivity index (χ0n) is 14.0. The molecule has 0 bridgehead atoms. The Bertz CT molecular complexity index is 836. The summed E-state index contributed by atoms with van der Waals surface area (Å²) in [5.74, 6) is -1.78. The van der Waals surface area contributed by atoms with Gasteiger partial charge in [0, 0.05) is 25.1 Å². The van der Waals surface area contributed by atoms with Gasteiger partial charge in [-0.1, -0.05) is 24.3 Å². The van der Waals surface area contributed by atoms with E-state index in [-0.39, 0.29) is 11.5 Å². The van der Waals surface area contributed by atoms with Crippen molar-refractivity contribution in [3.05, 3.63) is 71.0 Å². The fraction of sp³-hybridized carbons (Fsp3) is 0.211. The van der Waals surface area contributed by atoms with E-state index in [1.807, 2.05) is 0 Å². The first-order valence-electron chi connectivity index (χ1n) is 8.26. The van der Waals surface area contributed by atoms with Crippen LogP contribution >= 0.6 is 0 Å². The first-order chi connectivity index (χ1) is 12.5. The predicted molar refractivity (Wildman–Crippen MR) is 92.4 cm³/mol. The molecule has 0 atom stereocenters. The van der Waals surface area contributed by atoms with Gasteiger partial charge in [0.25, 0.3) is 11.8 Å². The molecule has 2 N–H and O–H groups in total. The SMILES string of the molecule is O=C(NNC(=O)c1ccccc1F)c1ccc(CN2CCCC2=O)cc1. The van der Waals surface area contributed by atoms with Gasteiger partial charge in [0.1, 0.15) is 5.82 Å². The minimum atomic E-state index is -0.736. The first kappa shape index (κ1) is 17.6. The summed E-state index contributed by atoms with van der Waals surface area (Å²) in [5, 5.41) is 0. The average molecular weight is 355 g/mol. The quantitative estimate of drug-likeness (QED) is 0.824. The Morgan fingerprint density at radius 2 is 1.69 bits per heavy atom. The van der Waals surface area contributed by atoms with Gasteiger partial charge in [-0.25, -0.2) is 4.39 Å². The highest BCUT2D eigenvalue weighted by atomic mass is 19.1. The minimum Gasteiger partial charge on any atom is -0.338 e. The smallest absolute Gasteiger partial charge is 0.272 e. The van der Waals surface area contributed by atoms with E-state index in [2.05, 4.69) is 10.9 Å². The van der Waals surface area contributed by atoms with E-state index in [0.717, 1.165) is 18.5 Å². The monoisotopic (exact) mass is 355 g/mol. The second-order valence-electron chi connectivity index (χ2n) is 6.00. The van der Waals surface area contributed by atoms with Crippen molar-refractivity contribution in [1.29, 1.82) is 0 Å². The topological polar surface area (TPSA) is 78.5 Å². The van der Waals surface area contributed by atoms with E-state index in [1.165, 1.54) is 24.3 Å². The van der Waals surface area contributed by atoms with Gasteiger partial charge >= 0.3 is 0 Å². The van der Waals surface area contributed by atoms with Crippen molar-refractivity contribution in [1.82, 2.24) is 15.8 Å². The highest BCUT2D eigenvalue weighted by molar-refractivity contribution is 5.99. The summed E-state index contributed by atoms with van der Waals surface area (Å²) in [6.45, 7) is 1.27. The number of hydrogen-bond donors (Lipinski definition) is 2. The van der Waals surface area contributed by atoms with Crippen LogP contribution in [-0.4, -0.2) is 29.2 Å². The van der Waals surface area contributed by atoms with E-state index in [9.17, 15) is 18.8 Å². The number of nitrogens with zero attached hydrogens (tertiary/aromatic N) is 1. The number of nitrogens with one attached hydrogen (secondary N) is 2. The summed E-state index contributed by atoms with van der Waals surface area (Å²) in [4.78, 5) is 37.4. The molecule has 0 saturated carbocycles. The number of carbonyl (C=O) groups excluding carboxylic acids is 3. The van der Waals surface area contributed by atoms with Gasteiger partial charge in [0.15, 0.2) is 0 Å². The molecule has 3 amide bonds. The van der Waals surface area contributed by atoms with Gasteiger partial charge in [-0.15, -0.1) is 0 Å². The third kappa shape index (κ3) is 4.05. The summed E-state index contributed by atoms with van der Waals surface area (Å²) in [5.41, 5.74) is 5.55. The molecule has 26 heavy (non-hydrogen) atoms. The Labute approximate surface area is 150 Å². The van der Waals surface area contributed by atoms with Gasteiger partial charge in [0.05, 0.1) is 5.56 Å². The molecule has 134 valence electrons. The number of likely N-dealkylation sites (tertiary alicyclic amines) is 1. The molecule has 2 aromatic carbocycles. The number of hydrogen-bond acceptors (Lipinski definition) is 3. The average Bonchev–Trinajstić information content (AvgIpc) is 3.05. The number of carbonyl (C=O) groups is 3. The van der Waals surface area contributed by atoms with Crippen molar-refractivity contribution in [2.24, 2.45) is 0 Å². The highest BCUT2D eigenvalue weighted by Gasteiger charge is 2.20. The molecule has 1 heterocycles. The van der Waals surface area contributed by atoms with E-state index < -0.39 is 17.6 Å². The molecule has 6 nitrogen and oxygen atoms in total. The lowest BCUT2D eigenvalue weighted by atomic mass is 10.1. The molecule has 2 aromatic rings. The minimum absolute atomic E-state index is 0.141. The lowest BCUT2D eigenvalue weighted by molar-refractivity contribution is -0.128. The Balaban J connectivity index is 1.55. The molecule has 1 fully saturated rings. The number of benzene rings is 2. The maximum Gasteiger partial charge on any atom is 0.272 e. The molecule has 0 spiro atoms. The van der Waals surface area contributed by atoms with Crippen molar-refractivity contribution in [3.8, 4) is 0 Å². The predicted octanol–water partition coefficient (Wildman–Crippen LogP) is 2.02. The van der Waals surface area contributed by atoms with E-state index in [0.29, 0.717) is 18.5 Å². The Hall–Kier alpha value is -3.22. The van der Waals surface area contributed by atoms with Crippen LogP contribution in [0.4, 0.5) is 4.39 Å². The van der Waals surface area contributed by atoms with E-state index in [4.69, 9.17) is 0 Å². The number of hydrazine groups is 1. The van der Waals surface area contributed by atoms with Crippen molar-refractivity contribution < 1.29 is 18.8 Å². The standard InChI is InChI=1S/C19H18FN3O3/c20-16-5-2-1-4-15(16)19(26)22-21-18(25)14-9-7-13(8-10-14)12-23-11-3-6-17(23)24/h1-2,4-5,7-10H,3,6,11-12H2,(H,21,25)(H,22,26). The van der Waals surface area contributed by atoms with Crippen molar-refractivity contribution in [3.63, 3.8) is 0 Å². The summed E-state index contributed by atoms with van der Waals surface area (Å²) in [6.07, 6.45) is 1.46. The molecule has 0 radical (unpaired) electrons. The van der Waals surface area contributed by atoms with Crippen LogP contribution < -0.4 is 10.9 Å². The number of amides is 3. The third-order valence-corrected chi connectivity index (χ3v) is 4.17. The van der Waals surface area contributed by atoms with E-state index in [1.54, 1.807) is 29.2 Å². The second kappa shape index (κ2) is 7.77. The Morgan fingerprint density at radius 3 is 2.35 bits per heavy atom. The molecule has 1 aliphatic rings. The van der Waals surface area contributed by atoms with Crippen molar-refractivity contribution in [2.75, 3.05) is 6.54 Å². The maximum absolute atomic E-state index is 13.5. The van der Waals surface area contributed by atoms with Crippen LogP contribution in [0.1, 0.15) is 39.1 Å². The third-order valence-electron chi connectivity index (χ3n) is 4.17. The lowest BCUT2D eigenvalue weighted by Crippen LogP contribution is -2.41. The van der Waals surface area contributed by atoms with Crippen LogP contribution in [0, 0.1) is 5.82 Å². The van der Waals surface area contributed by atoms with Gasteiger partial charge in [-0.05, 0) is 36.2 Å². The zero-order chi connectivity index (χ0) is 18.5. The maximum atomic E-state index is 13.5. The van der Waals surface area contributed by atoms with Crippen LogP contribution in [0.5, 0.6) is 0 Å². The first-order valence-corrected chi connectivity index (χ1v) is 8.26. The molecule has 1 aliphatic heterocycles. The molecule has 0 aromatic heterocycles. The summed E-state index contributed by atoms with van der Waals surface area (Å²) < 4.78 is 13.5. The lowest BCUT2D eigenvalue weighted by Gasteiger charge is -2.15. The van der Waals surface area contributed by atoms with Crippen LogP contribution in [0.15, 0.2) is 48.5 Å². The molecule has 7 heteroatoms. The van der Waals surface area contributed by atoms with Crippen LogP contribution in [0.3, 0.4) is 0 Å². The van der Waals surface area contributed by atoms with Crippen LogP contribution in [-0.2, 0) is 11.3 Å². The van der Waals surface area contributed by atoms with Gasteiger partial charge < -0.3 is 4.90 Å². The van der Waals surface area contributed by atoms with Gasteiger partial charge in [-0.2, -0.15) is 0 Å².